The van der Waals surface area contributed by atoms with Gasteiger partial charge in [0.05, 0.1) is 12.0 Å². The second kappa shape index (κ2) is 8.42. The molecule has 5 nitrogen and oxygen atoms in total. The minimum Gasteiger partial charge on any atom is -0.497 e. The van der Waals surface area contributed by atoms with Gasteiger partial charge in [0.2, 0.25) is 10.0 Å². The van der Waals surface area contributed by atoms with E-state index < -0.39 is 10.0 Å². The highest BCUT2D eigenvalue weighted by Crippen LogP contribution is 2.22. The van der Waals surface area contributed by atoms with Crippen molar-refractivity contribution in [2.75, 3.05) is 39.8 Å². The van der Waals surface area contributed by atoms with Gasteiger partial charge in [0.1, 0.15) is 5.75 Å². The van der Waals surface area contributed by atoms with E-state index in [1.807, 2.05) is 38.1 Å². The number of hydrogen-bond acceptors (Lipinski definition) is 4. The molecule has 0 radical (unpaired) electrons. The Balaban J connectivity index is 1.57. The van der Waals surface area contributed by atoms with Crippen LogP contribution >= 0.6 is 0 Å². The number of ether oxygens (including phenoxy) is 1. The zero-order chi connectivity index (χ0) is 19.4. The molecule has 27 heavy (non-hydrogen) atoms. The van der Waals surface area contributed by atoms with Gasteiger partial charge in [0, 0.05) is 32.7 Å². The van der Waals surface area contributed by atoms with E-state index in [1.165, 1.54) is 5.56 Å². The zero-order valence-corrected chi connectivity index (χ0v) is 17.1. The van der Waals surface area contributed by atoms with Crippen molar-refractivity contribution < 1.29 is 13.2 Å². The van der Waals surface area contributed by atoms with Crippen LogP contribution in [0.15, 0.2) is 47.4 Å². The molecule has 0 spiro atoms. The molecular formula is C21H28N2O3S. The topological polar surface area (TPSA) is 49.9 Å². The van der Waals surface area contributed by atoms with Crippen LogP contribution in [-0.4, -0.2) is 57.5 Å². The highest BCUT2D eigenvalue weighted by atomic mass is 32.2. The summed E-state index contributed by atoms with van der Waals surface area (Å²) >= 11 is 0. The average molecular weight is 389 g/mol. The quantitative estimate of drug-likeness (QED) is 0.764. The SMILES string of the molecule is COc1ccc(CCN2CCN(S(=O)(=O)c3cc(C)ccc3C)CC2)cc1. The molecule has 1 heterocycles. The minimum absolute atomic E-state index is 0.439. The first-order valence-corrected chi connectivity index (χ1v) is 10.8. The van der Waals surface area contributed by atoms with Gasteiger partial charge in [-0.05, 0) is 55.2 Å². The van der Waals surface area contributed by atoms with Crippen LogP contribution in [0.4, 0.5) is 0 Å². The van der Waals surface area contributed by atoms with E-state index in [9.17, 15) is 8.42 Å². The van der Waals surface area contributed by atoms with Crippen LogP contribution < -0.4 is 4.74 Å². The summed E-state index contributed by atoms with van der Waals surface area (Å²) in [7, 11) is -1.75. The lowest BCUT2D eigenvalue weighted by atomic mass is 10.1. The smallest absolute Gasteiger partial charge is 0.243 e. The fourth-order valence-corrected chi connectivity index (χ4v) is 5.13. The van der Waals surface area contributed by atoms with Crippen LogP contribution in [0.25, 0.3) is 0 Å². The van der Waals surface area contributed by atoms with Crippen molar-refractivity contribution in [2.24, 2.45) is 0 Å². The van der Waals surface area contributed by atoms with E-state index in [-0.39, 0.29) is 0 Å². The first-order chi connectivity index (χ1) is 12.9. The third-order valence-electron chi connectivity index (χ3n) is 5.17. The molecule has 2 aromatic rings. The fourth-order valence-electron chi connectivity index (χ4n) is 3.40. The standard InChI is InChI=1S/C21H28N2O3S/c1-17-4-5-18(2)21(16-17)27(24,25)23-14-12-22(13-15-23)11-10-19-6-8-20(26-3)9-7-19/h4-9,16H,10-15H2,1-3H3. The van der Waals surface area contributed by atoms with E-state index in [2.05, 4.69) is 17.0 Å². The van der Waals surface area contributed by atoms with Gasteiger partial charge in [-0.25, -0.2) is 8.42 Å². The lowest BCUT2D eigenvalue weighted by molar-refractivity contribution is 0.190. The Kier molecular flexibility index (Phi) is 6.19. The molecule has 0 unspecified atom stereocenters. The average Bonchev–Trinajstić information content (AvgIpc) is 2.69. The molecule has 1 aliphatic rings. The molecule has 3 rings (SSSR count). The Hall–Kier alpha value is -1.89. The molecule has 0 N–H and O–H groups in total. The summed E-state index contributed by atoms with van der Waals surface area (Å²) in [6, 6.07) is 13.7. The van der Waals surface area contributed by atoms with Crippen molar-refractivity contribution in [2.45, 2.75) is 25.2 Å². The Bertz CT molecular complexity index is 871. The summed E-state index contributed by atoms with van der Waals surface area (Å²) in [6.45, 7) is 7.33. The van der Waals surface area contributed by atoms with E-state index >= 15 is 0 Å². The lowest BCUT2D eigenvalue weighted by Gasteiger charge is -2.34. The number of rotatable bonds is 6. The molecule has 0 saturated carbocycles. The Morgan fingerprint density at radius 1 is 0.963 bits per heavy atom. The molecule has 0 amide bonds. The molecular weight excluding hydrogens is 360 g/mol. The van der Waals surface area contributed by atoms with Crippen molar-refractivity contribution in [3.63, 3.8) is 0 Å². The largest absolute Gasteiger partial charge is 0.497 e. The first-order valence-electron chi connectivity index (χ1n) is 9.33. The number of benzene rings is 2. The van der Waals surface area contributed by atoms with Crippen LogP contribution in [-0.2, 0) is 16.4 Å². The van der Waals surface area contributed by atoms with Gasteiger partial charge in [0.15, 0.2) is 0 Å². The highest BCUT2D eigenvalue weighted by molar-refractivity contribution is 7.89. The highest BCUT2D eigenvalue weighted by Gasteiger charge is 2.29. The third-order valence-corrected chi connectivity index (χ3v) is 7.21. The maximum atomic E-state index is 13.0. The summed E-state index contributed by atoms with van der Waals surface area (Å²) in [5, 5.41) is 0. The Labute approximate surface area is 162 Å². The van der Waals surface area contributed by atoms with Gasteiger partial charge in [0.25, 0.3) is 0 Å². The summed E-state index contributed by atoms with van der Waals surface area (Å²) in [4.78, 5) is 2.77. The van der Waals surface area contributed by atoms with Crippen molar-refractivity contribution in [3.05, 3.63) is 59.2 Å². The second-order valence-corrected chi connectivity index (χ2v) is 9.02. The summed E-state index contributed by atoms with van der Waals surface area (Å²) in [5.74, 6) is 0.865. The predicted molar refractivity (Wildman–Crippen MR) is 108 cm³/mol. The molecule has 0 aliphatic carbocycles. The van der Waals surface area contributed by atoms with Crippen molar-refractivity contribution >= 4 is 10.0 Å². The Morgan fingerprint density at radius 2 is 1.63 bits per heavy atom. The van der Waals surface area contributed by atoms with Gasteiger partial charge in [-0.3, -0.25) is 0 Å². The molecule has 0 bridgehead atoms. The fraction of sp³-hybridized carbons (Fsp3) is 0.429. The molecule has 1 fully saturated rings. The number of nitrogens with zero attached hydrogens (tertiary/aromatic N) is 2. The predicted octanol–water partition coefficient (Wildman–Crippen LogP) is 2.86. The number of sulfonamides is 1. The second-order valence-electron chi connectivity index (χ2n) is 7.11. The third kappa shape index (κ3) is 4.69. The van der Waals surface area contributed by atoms with Gasteiger partial charge < -0.3 is 9.64 Å². The van der Waals surface area contributed by atoms with Crippen LogP contribution in [0, 0.1) is 13.8 Å². The number of piperazine rings is 1. The lowest BCUT2D eigenvalue weighted by Crippen LogP contribution is -2.49. The summed E-state index contributed by atoms with van der Waals surface area (Å²) in [5.41, 5.74) is 3.04. The maximum Gasteiger partial charge on any atom is 0.243 e. The molecule has 1 saturated heterocycles. The van der Waals surface area contributed by atoms with Crippen molar-refractivity contribution in [3.8, 4) is 5.75 Å². The molecule has 1 aliphatic heterocycles. The van der Waals surface area contributed by atoms with Crippen LogP contribution in [0.2, 0.25) is 0 Å². The van der Waals surface area contributed by atoms with Gasteiger partial charge >= 0.3 is 0 Å². The molecule has 0 atom stereocenters. The molecule has 146 valence electrons. The summed E-state index contributed by atoms with van der Waals surface area (Å²) < 4.78 is 32.8. The number of aryl methyl sites for hydroxylation is 2. The van der Waals surface area contributed by atoms with E-state index in [0.29, 0.717) is 18.0 Å². The van der Waals surface area contributed by atoms with Crippen molar-refractivity contribution in [1.29, 1.82) is 0 Å². The maximum absolute atomic E-state index is 13.0. The Morgan fingerprint density at radius 3 is 2.26 bits per heavy atom. The van der Waals surface area contributed by atoms with Crippen LogP contribution in [0.5, 0.6) is 5.75 Å². The van der Waals surface area contributed by atoms with Crippen LogP contribution in [0.1, 0.15) is 16.7 Å². The van der Waals surface area contributed by atoms with E-state index in [1.54, 1.807) is 17.5 Å². The molecule has 6 heteroatoms. The number of methoxy groups -OCH3 is 1. The van der Waals surface area contributed by atoms with Crippen molar-refractivity contribution in [1.82, 2.24) is 9.21 Å². The van der Waals surface area contributed by atoms with E-state index in [0.717, 1.165) is 42.9 Å². The minimum atomic E-state index is -3.42. The molecule has 2 aromatic carbocycles. The van der Waals surface area contributed by atoms with Crippen LogP contribution in [0.3, 0.4) is 0 Å². The van der Waals surface area contributed by atoms with E-state index in [4.69, 9.17) is 4.74 Å². The van der Waals surface area contributed by atoms with Gasteiger partial charge in [-0.2, -0.15) is 4.31 Å². The normalized spacial score (nSPS) is 16.4. The zero-order valence-electron chi connectivity index (χ0n) is 16.3. The van der Waals surface area contributed by atoms with Gasteiger partial charge in [-0.15, -0.1) is 0 Å². The summed E-state index contributed by atoms with van der Waals surface area (Å²) in [6.07, 6.45) is 0.952. The first kappa shape index (κ1) is 19.9. The molecule has 0 aromatic heterocycles. The monoisotopic (exact) mass is 388 g/mol. The number of hydrogen-bond donors (Lipinski definition) is 0. The van der Waals surface area contributed by atoms with Gasteiger partial charge in [-0.1, -0.05) is 24.3 Å².